The summed E-state index contributed by atoms with van der Waals surface area (Å²) in [5.41, 5.74) is 0.932. The summed E-state index contributed by atoms with van der Waals surface area (Å²) in [5.74, 6) is 0.510. The van der Waals surface area contributed by atoms with E-state index < -0.39 is 0 Å². The van der Waals surface area contributed by atoms with Crippen molar-refractivity contribution < 1.29 is 9.47 Å². The van der Waals surface area contributed by atoms with Crippen molar-refractivity contribution in [2.75, 3.05) is 13.9 Å². The summed E-state index contributed by atoms with van der Waals surface area (Å²) in [6.45, 7) is 8.32. The Kier molecular flexibility index (Phi) is 4.97. The lowest BCUT2D eigenvalue weighted by Gasteiger charge is -2.31. The Hall–Kier alpha value is -0.860. The van der Waals surface area contributed by atoms with Crippen LogP contribution in [0, 0.1) is 5.92 Å². The van der Waals surface area contributed by atoms with Gasteiger partial charge >= 0.3 is 0 Å². The van der Waals surface area contributed by atoms with Gasteiger partial charge in [0.1, 0.15) is 6.79 Å². The third-order valence-corrected chi connectivity index (χ3v) is 2.80. The Morgan fingerprint density at radius 3 is 2.88 bits per heavy atom. The molecule has 0 amide bonds. The number of allylic oxidation sites excluding steroid dienone is 4. The molecule has 0 N–H and O–H groups in total. The molecule has 0 aromatic carbocycles. The van der Waals surface area contributed by atoms with Crippen molar-refractivity contribution in [1.82, 2.24) is 0 Å². The summed E-state index contributed by atoms with van der Waals surface area (Å²) in [7, 11) is 1.65. The molecule has 1 rings (SSSR count). The second-order valence-corrected chi connectivity index (χ2v) is 4.63. The topological polar surface area (TPSA) is 18.5 Å². The van der Waals surface area contributed by atoms with Crippen LogP contribution >= 0.6 is 0 Å². The first-order valence-electron chi connectivity index (χ1n) is 5.72. The van der Waals surface area contributed by atoms with Crippen LogP contribution in [0.25, 0.3) is 0 Å². The van der Waals surface area contributed by atoms with Gasteiger partial charge in [-0.1, -0.05) is 36.5 Å². The van der Waals surface area contributed by atoms with E-state index in [-0.39, 0.29) is 5.60 Å². The van der Waals surface area contributed by atoms with Crippen LogP contribution in [-0.4, -0.2) is 19.5 Å². The van der Waals surface area contributed by atoms with E-state index in [2.05, 4.69) is 37.8 Å². The Labute approximate surface area is 98.6 Å². The molecule has 2 atom stereocenters. The van der Waals surface area contributed by atoms with E-state index in [4.69, 9.17) is 9.47 Å². The van der Waals surface area contributed by atoms with Crippen LogP contribution < -0.4 is 0 Å². The lowest BCUT2D eigenvalue weighted by molar-refractivity contribution is -0.106. The number of rotatable bonds is 5. The fraction of sp³-hybridized carbons (Fsp3) is 0.571. The van der Waals surface area contributed by atoms with E-state index in [1.807, 2.05) is 6.92 Å². The smallest absolute Gasteiger partial charge is 0.147 e. The monoisotopic (exact) mass is 222 g/mol. The highest BCUT2D eigenvalue weighted by Crippen LogP contribution is 2.29. The Bertz CT molecular complexity index is 291. The first-order chi connectivity index (χ1) is 7.56. The van der Waals surface area contributed by atoms with Crippen LogP contribution in [0.4, 0.5) is 0 Å². The predicted molar refractivity (Wildman–Crippen MR) is 67.2 cm³/mol. The Balaban J connectivity index is 2.50. The average Bonchev–Trinajstić information content (AvgIpc) is 2.26. The molecule has 1 aliphatic rings. The molecule has 0 aromatic heterocycles. The van der Waals surface area contributed by atoms with Crippen LogP contribution in [0.5, 0.6) is 0 Å². The van der Waals surface area contributed by atoms with Crippen molar-refractivity contribution >= 4 is 0 Å². The van der Waals surface area contributed by atoms with Gasteiger partial charge in [-0.3, -0.25) is 0 Å². The molecule has 0 saturated carbocycles. The molecule has 0 bridgehead atoms. The minimum absolute atomic E-state index is 0.163. The summed E-state index contributed by atoms with van der Waals surface area (Å²) in [5, 5.41) is 0. The molecule has 0 spiro atoms. The van der Waals surface area contributed by atoms with Gasteiger partial charge in [-0.2, -0.15) is 0 Å². The van der Waals surface area contributed by atoms with Crippen LogP contribution in [0.3, 0.4) is 0 Å². The first-order valence-corrected chi connectivity index (χ1v) is 5.72. The SMILES string of the molecule is C=C(C)C=CC1C=CC(C)(OCOC)CC1. The van der Waals surface area contributed by atoms with E-state index in [0.29, 0.717) is 12.7 Å². The van der Waals surface area contributed by atoms with Gasteiger partial charge in [0.2, 0.25) is 0 Å². The van der Waals surface area contributed by atoms with E-state index in [1.54, 1.807) is 7.11 Å². The lowest BCUT2D eigenvalue weighted by Crippen LogP contribution is -2.30. The Morgan fingerprint density at radius 2 is 2.38 bits per heavy atom. The van der Waals surface area contributed by atoms with Crippen molar-refractivity contribution in [3.05, 3.63) is 36.5 Å². The van der Waals surface area contributed by atoms with Crippen molar-refractivity contribution in [3.63, 3.8) is 0 Å². The van der Waals surface area contributed by atoms with E-state index in [1.165, 1.54) is 0 Å². The predicted octanol–water partition coefficient (Wildman–Crippen LogP) is 3.46. The minimum atomic E-state index is -0.163. The van der Waals surface area contributed by atoms with Crippen molar-refractivity contribution in [2.24, 2.45) is 5.92 Å². The number of hydrogen-bond donors (Lipinski definition) is 0. The Morgan fingerprint density at radius 1 is 1.62 bits per heavy atom. The molecular formula is C14H22O2. The quantitative estimate of drug-likeness (QED) is 0.403. The second-order valence-electron chi connectivity index (χ2n) is 4.63. The van der Waals surface area contributed by atoms with Crippen LogP contribution in [-0.2, 0) is 9.47 Å². The zero-order valence-electron chi connectivity index (χ0n) is 10.5. The molecule has 0 aliphatic heterocycles. The molecule has 0 heterocycles. The maximum absolute atomic E-state index is 5.64. The number of hydrogen-bond acceptors (Lipinski definition) is 2. The van der Waals surface area contributed by atoms with Crippen molar-refractivity contribution in [3.8, 4) is 0 Å². The third kappa shape index (κ3) is 4.33. The summed E-state index contributed by atoms with van der Waals surface area (Å²) in [4.78, 5) is 0. The molecule has 2 unspecified atom stereocenters. The van der Waals surface area contributed by atoms with Crippen molar-refractivity contribution in [2.45, 2.75) is 32.3 Å². The van der Waals surface area contributed by atoms with E-state index in [0.717, 1.165) is 18.4 Å². The van der Waals surface area contributed by atoms with E-state index in [9.17, 15) is 0 Å². The summed E-state index contributed by atoms with van der Waals surface area (Å²) >= 11 is 0. The van der Waals surface area contributed by atoms with Gasteiger partial charge in [0.05, 0.1) is 5.60 Å². The average molecular weight is 222 g/mol. The van der Waals surface area contributed by atoms with Gasteiger partial charge in [0.25, 0.3) is 0 Å². The molecule has 0 radical (unpaired) electrons. The van der Waals surface area contributed by atoms with Gasteiger partial charge in [0, 0.05) is 7.11 Å². The molecule has 1 aliphatic carbocycles. The van der Waals surface area contributed by atoms with Gasteiger partial charge in [0.15, 0.2) is 0 Å². The van der Waals surface area contributed by atoms with Gasteiger partial charge in [-0.05, 0) is 32.6 Å². The minimum Gasteiger partial charge on any atom is -0.359 e. The van der Waals surface area contributed by atoms with Crippen LogP contribution in [0.2, 0.25) is 0 Å². The zero-order valence-corrected chi connectivity index (χ0v) is 10.5. The maximum Gasteiger partial charge on any atom is 0.147 e. The molecular weight excluding hydrogens is 200 g/mol. The largest absolute Gasteiger partial charge is 0.359 e. The van der Waals surface area contributed by atoms with Gasteiger partial charge < -0.3 is 9.47 Å². The zero-order chi connectivity index (χ0) is 12.0. The third-order valence-electron chi connectivity index (χ3n) is 2.80. The molecule has 0 saturated heterocycles. The lowest BCUT2D eigenvalue weighted by atomic mass is 9.86. The van der Waals surface area contributed by atoms with Crippen LogP contribution in [0.15, 0.2) is 36.5 Å². The molecule has 2 nitrogen and oxygen atoms in total. The molecule has 2 heteroatoms. The standard InChI is InChI=1S/C14H22O2/c1-12(2)5-6-13-7-9-14(3,10-8-13)16-11-15-4/h5-7,9,13H,1,8,10-11H2,2-4H3. The van der Waals surface area contributed by atoms with Crippen molar-refractivity contribution in [1.29, 1.82) is 0 Å². The highest BCUT2D eigenvalue weighted by molar-refractivity contribution is 5.17. The number of ether oxygens (including phenoxy) is 2. The summed E-state index contributed by atoms with van der Waals surface area (Å²) in [6.07, 6.45) is 10.8. The highest BCUT2D eigenvalue weighted by atomic mass is 16.7. The molecule has 0 aromatic rings. The fourth-order valence-electron chi connectivity index (χ4n) is 1.72. The second kappa shape index (κ2) is 6.02. The first kappa shape index (κ1) is 13.2. The summed E-state index contributed by atoms with van der Waals surface area (Å²) in [6, 6.07) is 0. The van der Waals surface area contributed by atoms with E-state index >= 15 is 0 Å². The normalized spacial score (nSPS) is 29.8. The highest BCUT2D eigenvalue weighted by Gasteiger charge is 2.26. The van der Waals surface area contributed by atoms with Gasteiger partial charge in [-0.25, -0.2) is 0 Å². The number of methoxy groups -OCH3 is 1. The summed E-state index contributed by atoms with van der Waals surface area (Å²) < 4.78 is 10.6. The maximum atomic E-state index is 5.64. The molecule has 90 valence electrons. The van der Waals surface area contributed by atoms with Crippen LogP contribution in [0.1, 0.15) is 26.7 Å². The molecule has 16 heavy (non-hydrogen) atoms. The fourth-order valence-corrected chi connectivity index (χ4v) is 1.72. The van der Waals surface area contributed by atoms with Gasteiger partial charge in [-0.15, -0.1) is 0 Å². The molecule has 0 fully saturated rings.